The molecule has 0 spiro atoms. The minimum Gasteiger partial charge on any atom is -0.508 e. The van der Waals surface area contributed by atoms with Gasteiger partial charge in [0.25, 0.3) is 0 Å². The van der Waals surface area contributed by atoms with Crippen LogP contribution in [0.3, 0.4) is 0 Å². The van der Waals surface area contributed by atoms with Gasteiger partial charge in [0.15, 0.2) is 0 Å². The summed E-state index contributed by atoms with van der Waals surface area (Å²) in [6, 6.07) is 15.8. The molecule has 80 valence electrons. The van der Waals surface area contributed by atoms with E-state index in [2.05, 4.69) is 18.7 Å². The number of hydrogen-bond donors (Lipinski definition) is 1. The number of aromatic hydroxyl groups is 1. The third kappa shape index (κ3) is 2.14. The lowest BCUT2D eigenvalue weighted by atomic mass is 10.0. The van der Waals surface area contributed by atoms with Gasteiger partial charge in [0.1, 0.15) is 5.75 Å². The normalized spacial score (nSPS) is 10.0. The molecular formula is C15H14O. The molecule has 0 saturated heterocycles. The summed E-state index contributed by atoms with van der Waals surface area (Å²) >= 11 is 0. The average Bonchev–Trinajstić information content (AvgIpc) is 2.33. The molecule has 0 atom stereocenters. The quantitative estimate of drug-likeness (QED) is 0.764. The van der Waals surface area contributed by atoms with Crippen LogP contribution in [0.4, 0.5) is 0 Å². The Balaban J connectivity index is 2.43. The number of hydrogen-bond acceptors (Lipinski definition) is 1. The number of allylic oxidation sites excluding steroid dienone is 1. The molecule has 0 saturated carbocycles. The zero-order valence-electron chi connectivity index (χ0n) is 9.06. The van der Waals surface area contributed by atoms with E-state index in [0.29, 0.717) is 12.2 Å². The van der Waals surface area contributed by atoms with Crippen molar-refractivity contribution in [1.29, 1.82) is 0 Å². The maximum Gasteiger partial charge on any atom is 0.119 e. The monoisotopic (exact) mass is 210 g/mol. The van der Waals surface area contributed by atoms with E-state index in [1.165, 1.54) is 0 Å². The van der Waals surface area contributed by atoms with E-state index in [-0.39, 0.29) is 0 Å². The molecule has 0 fully saturated rings. The topological polar surface area (TPSA) is 20.2 Å². The maximum atomic E-state index is 9.67. The van der Waals surface area contributed by atoms with Crippen molar-refractivity contribution in [2.45, 2.75) is 6.42 Å². The summed E-state index contributed by atoms with van der Waals surface area (Å²) in [5.74, 6) is 0.333. The Hall–Kier alpha value is -2.02. The Kier molecular flexibility index (Phi) is 3.06. The van der Waals surface area contributed by atoms with Crippen molar-refractivity contribution in [1.82, 2.24) is 0 Å². The standard InChI is InChI=1S/C15H14O/c1-2-6-14-11-13(9-10-15(14)16)12-7-4-3-5-8-12/h2-5,7-11,16H,1,6H2. The van der Waals surface area contributed by atoms with E-state index in [0.717, 1.165) is 16.7 Å². The van der Waals surface area contributed by atoms with Gasteiger partial charge in [0.2, 0.25) is 0 Å². The summed E-state index contributed by atoms with van der Waals surface area (Å²) in [5.41, 5.74) is 3.19. The van der Waals surface area contributed by atoms with Crippen molar-refractivity contribution in [3.8, 4) is 16.9 Å². The SMILES string of the molecule is C=CCc1cc(-c2ccccc2)ccc1O. The molecule has 2 aromatic rings. The van der Waals surface area contributed by atoms with E-state index < -0.39 is 0 Å². The number of rotatable bonds is 3. The molecule has 1 heteroatoms. The molecule has 0 heterocycles. The molecule has 1 nitrogen and oxygen atoms in total. The van der Waals surface area contributed by atoms with Crippen LogP contribution in [0.1, 0.15) is 5.56 Å². The first-order valence-corrected chi connectivity index (χ1v) is 5.29. The second-order valence-electron chi connectivity index (χ2n) is 3.70. The lowest BCUT2D eigenvalue weighted by molar-refractivity contribution is 0.470. The molecule has 0 aliphatic rings. The van der Waals surface area contributed by atoms with Gasteiger partial charge in [-0.05, 0) is 35.2 Å². The Morgan fingerprint density at radius 2 is 1.75 bits per heavy atom. The highest BCUT2D eigenvalue weighted by Crippen LogP contribution is 2.26. The second kappa shape index (κ2) is 4.67. The fraction of sp³-hybridized carbons (Fsp3) is 0.0667. The Bertz CT molecular complexity index is 486. The summed E-state index contributed by atoms with van der Waals surface area (Å²) in [6.45, 7) is 3.69. The third-order valence-corrected chi connectivity index (χ3v) is 2.55. The summed E-state index contributed by atoms with van der Waals surface area (Å²) in [7, 11) is 0. The Morgan fingerprint density at radius 1 is 1.00 bits per heavy atom. The van der Waals surface area contributed by atoms with Crippen LogP contribution in [0.25, 0.3) is 11.1 Å². The summed E-state index contributed by atoms with van der Waals surface area (Å²) in [5, 5.41) is 9.67. The van der Waals surface area contributed by atoms with Crippen LogP contribution in [0, 0.1) is 0 Å². The number of phenolic OH excluding ortho intramolecular Hbond substituents is 1. The minimum atomic E-state index is 0.333. The van der Waals surface area contributed by atoms with Crippen LogP contribution < -0.4 is 0 Å². The van der Waals surface area contributed by atoms with E-state index >= 15 is 0 Å². The Labute approximate surface area is 95.7 Å². The molecule has 2 aromatic carbocycles. The van der Waals surface area contributed by atoms with Gasteiger partial charge in [-0.2, -0.15) is 0 Å². The first-order chi connectivity index (χ1) is 7.81. The van der Waals surface area contributed by atoms with Gasteiger partial charge < -0.3 is 5.11 Å². The molecule has 0 aliphatic carbocycles. The van der Waals surface area contributed by atoms with Gasteiger partial charge in [-0.1, -0.05) is 42.5 Å². The zero-order chi connectivity index (χ0) is 11.4. The maximum absolute atomic E-state index is 9.67. The van der Waals surface area contributed by atoms with Crippen molar-refractivity contribution < 1.29 is 5.11 Å². The van der Waals surface area contributed by atoms with Crippen molar-refractivity contribution in [2.75, 3.05) is 0 Å². The summed E-state index contributed by atoms with van der Waals surface area (Å²) in [4.78, 5) is 0. The first-order valence-electron chi connectivity index (χ1n) is 5.29. The predicted octanol–water partition coefficient (Wildman–Crippen LogP) is 3.79. The van der Waals surface area contributed by atoms with Crippen molar-refractivity contribution in [3.05, 3.63) is 66.7 Å². The van der Waals surface area contributed by atoms with Gasteiger partial charge in [-0.15, -0.1) is 6.58 Å². The lowest BCUT2D eigenvalue weighted by Gasteiger charge is -2.06. The van der Waals surface area contributed by atoms with Gasteiger partial charge in [0, 0.05) is 0 Å². The van der Waals surface area contributed by atoms with E-state index in [9.17, 15) is 5.11 Å². The average molecular weight is 210 g/mol. The highest BCUT2D eigenvalue weighted by atomic mass is 16.3. The summed E-state index contributed by atoms with van der Waals surface area (Å²) in [6.07, 6.45) is 2.48. The van der Waals surface area contributed by atoms with Crippen molar-refractivity contribution in [3.63, 3.8) is 0 Å². The minimum absolute atomic E-state index is 0.333. The van der Waals surface area contributed by atoms with E-state index in [1.807, 2.05) is 30.3 Å². The van der Waals surface area contributed by atoms with Crippen LogP contribution in [0.2, 0.25) is 0 Å². The Morgan fingerprint density at radius 3 is 2.44 bits per heavy atom. The molecule has 1 N–H and O–H groups in total. The predicted molar refractivity (Wildman–Crippen MR) is 67.4 cm³/mol. The molecule has 0 radical (unpaired) electrons. The third-order valence-electron chi connectivity index (χ3n) is 2.55. The van der Waals surface area contributed by atoms with Crippen LogP contribution >= 0.6 is 0 Å². The van der Waals surface area contributed by atoms with Crippen molar-refractivity contribution in [2.24, 2.45) is 0 Å². The van der Waals surface area contributed by atoms with Gasteiger partial charge in [0.05, 0.1) is 0 Å². The lowest BCUT2D eigenvalue weighted by Crippen LogP contribution is -1.84. The van der Waals surface area contributed by atoms with E-state index in [1.54, 1.807) is 12.1 Å². The smallest absolute Gasteiger partial charge is 0.119 e. The molecule has 0 aliphatic heterocycles. The molecule has 0 aromatic heterocycles. The molecule has 0 amide bonds. The zero-order valence-corrected chi connectivity index (χ0v) is 9.06. The highest BCUT2D eigenvalue weighted by molar-refractivity contribution is 5.65. The molecule has 16 heavy (non-hydrogen) atoms. The summed E-state index contributed by atoms with van der Waals surface area (Å²) < 4.78 is 0. The van der Waals surface area contributed by atoms with Crippen LogP contribution in [-0.2, 0) is 6.42 Å². The fourth-order valence-electron chi connectivity index (χ4n) is 1.71. The fourth-order valence-corrected chi connectivity index (χ4v) is 1.71. The number of phenols is 1. The van der Waals surface area contributed by atoms with Gasteiger partial charge in [-0.25, -0.2) is 0 Å². The van der Waals surface area contributed by atoms with Gasteiger partial charge in [-0.3, -0.25) is 0 Å². The molecule has 0 bridgehead atoms. The van der Waals surface area contributed by atoms with Crippen LogP contribution in [0.15, 0.2) is 61.2 Å². The molecule has 2 rings (SSSR count). The number of benzene rings is 2. The molecule has 0 unspecified atom stereocenters. The first kappa shape index (κ1) is 10.5. The highest BCUT2D eigenvalue weighted by Gasteiger charge is 2.02. The van der Waals surface area contributed by atoms with Crippen molar-refractivity contribution >= 4 is 0 Å². The largest absolute Gasteiger partial charge is 0.508 e. The van der Waals surface area contributed by atoms with Crippen LogP contribution in [0.5, 0.6) is 5.75 Å². The second-order valence-corrected chi connectivity index (χ2v) is 3.70. The van der Waals surface area contributed by atoms with Gasteiger partial charge >= 0.3 is 0 Å². The van der Waals surface area contributed by atoms with E-state index in [4.69, 9.17) is 0 Å². The van der Waals surface area contributed by atoms with Crippen LogP contribution in [-0.4, -0.2) is 5.11 Å². The molecular weight excluding hydrogens is 196 g/mol.